The molecule has 0 bridgehead atoms. The van der Waals surface area contributed by atoms with Crippen molar-refractivity contribution in [2.24, 2.45) is 0 Å². The zero-order chi connectivity index (χ0) is 13.4. The van der Waals surface area contributed by atoms with Crippen LogP contribution in [0.5, 0.6) is 0 Å². The summed E-state index contributed by atoms with van der Waals surface area (Å²) in [6, 6.07) is 9.73. The van der Waals surface area contributed by atoms with Crippen molar-refractivity contribution in [3.63, 3.8) is 0 Å². The van der Waals surface area contributed by atoms with Crippen LogP contribution in [0.15, 0.2) is 44.3 Å². The van der Waals surface area contributed by atoms with E-state index in [1.807, 2.05) is 30.3 Å². The predicted octanol–water partition coefficient (Wildman–Crippen LogP) is 3.62. The Morgan fingerprint density at radius 1 is 1.15 bits per heavy atom. The van der Waals surface area contributed by atoms with Crippen molar-refractivity contribution >= 4 is 23.3 Å². The first-order chi connectivity index (χ1) is 9.88. The third-order valence-corrected chi connectivity index (χ3v) is 4.57. The van der Waals surface area contributed by atoms with Crippen LogP contribution < -0.4 is 0 Å². The van der Waals surface area contributed by atoms with Crippen LogP contribution in [0, 0.1) is 0 Å². The molecule has 4 rings (SSSR count). The molecule has 2 heterocycles. The average Bonchev–Trinajstić information content (AvgIpc) is 3.06. The monoisotopic (exact) mass is 302 g/mol. The highest BCUT2D eigenvalue weighted by molar-refractivity contribution is 8.00. The van der Waals surface area contributed by atoms with Gasteiger partial charge in [-0.1, -0.05) is 18.2 Å². The third kappa shape index (κ3) is 2.46. The summed E-state index contributed by atoms with van der Waals surface area (Å²) in [7, 11) is 0. The van der Waals surface area contributed by atoms with Gasteiger partial charge in [-0.3, -0.25) is 0 Å². The molecule has 0 radical (unpaired) electrons. The van der Waals surface area contributed by atoms with Crippen molar-refractivity contribution in [3.8, 4) is 11.5 Å². The summed E-state index contributed by atoms with van der Waals surface area (Å²) in [5, 5.41) is 8.60. The van der Waals surface area contributed by atoms with E-state index in [1.54, 1.807) is 0 Å². The Bertz CT molecular complexity index is 721. The van der Waals surface area contributed by atoms with Crippen LogP contribution in [0.25, 0.3) is 11.5 Å². The van der Waals surface area contributed by atoms with Gasteiger partial charge in [0.15, 0.2) is 4.34 Å². The largest absolute Gasteiger partial charge is 0.411 e. The topological polar surface area (TPSA) is 64.7 Å². The van der Waals surface area contributed by atoms with E-state index in [-0.39, 0.29) is 0 Å². The first-order valence-corrected chi connectivity index (χ1v) is 7.88. The molecule has 20 heavy (non-hydrogen) atoms. The molecule has 7 heteroatoms. The van der Waals surface area contributed by atoms with Crippen LogP contribution in [0.2, 0.25) is 0 Å². The summed E-state index contributed by atoms with van der Waals surface area (Å²) in [5.41, 5.74) is 0.919. The minimum atomic E-state index is 0.502. The molecule has 1 saturated carbocycles. The van der Waals surface area contributed by atoms with E-state index in [4.69, 9.17) is 4.42 Å². The molecular weight excluding hydrogens is 292 g/mol. The smallest absolute Gasteiger partial charge is 0.284 e. The number of aromatic nitrogens is 4. The molecule has 100 valence electrons. The number of nitrogens with zero attached hydrogens (tertiary/aromatic N) is 4. The van der Waals surface area contributed by atoms with Crippen LogP contribution in [0.4, 0.5) is 0 Å². The SMILES string of the molecule is c1ccc(-c2nnc(Sc3nc(C4CC4)ns3)o2)cc1. The lowest BCUT2D eigenvalue weighted by Gasteiger charge is -1.91. The maximum absolute atomic E-state index is 5.64. The van der Waals surface area contributed by atoms with E-state index in [0.29, 0.717) is 17.0 Å². The van der Waals surface area contributed by atoms with Crippen LogP contribution in [-0.2, 0) is 0 Å². The first-order valence-electron chi connectivity index (χ1n) is 6.29. The van der Waals surface area contributed by atoms with Gasteiger partial charge in [0.2, 0.25) is 5.89 Å². The summed E-state index contributed by atoms with van der Waals surface area (Å²) >= 11 is 2.77. The minimum Gasteiger partial charge on any atom is -0.411 e. The summed E-state index contributed by atoms with van der Waals surface area (Å²) in [5.74, 6) is 2.06. The molecule has 0 N–H and O–H groups in total. The van der Waals surface area contributed by atoms with Gasteiger partial charge in [-0.2, -0.15) is 4.37 Å². The van der Waals surface area contributed by atoms with Gasteiger partial charge in [-0.25, -0.2) is 4.98 Å². The number of rotatable bonds is 4. The highest BCUT2D eigenvalue weighted by atomic mass is 32.2. The molecule has 5 nitrogen and oxygen atoms in total. The van der Waals surface area contributed by atoms with Gasteiger partial charge in [-0.15, -0.1) is 10.2 Å². The Hall–Kier alpha value is -1.73. The van der Waals surface area contributed by atoms with E-state index in [2.05, 4.69) is 19.6 Å². The fraction of sp³-hybridized carbons (Fsp3) is 0.231. The van der Waals surface area contributed by atoms with Crippen molar-refractivity contribution in [1.29, 1.82) is 0 Å². The molecule has 1 aliphatic carbocycles. The minimum absolute atomic E-state index is 0.502. The van der Waals surface area contributed by atoms with Crippen LogP contribution in [-0.4, -0.2) is 19.6 Å². The van der Waals surface area contributed by atoms with E-state index >= 15 is 0 Å². The average molecular weight is 302 g/mol. The molecule has 1 aliphatic rings. The Kier molecular flexibility index (Phi) is 3.00. The number of benzene rings is 1. The molecule has 1 fully saturated rings. The second-order valence-electron chi connectivity index (χ2n) is 4.53. The highest BCUT2D eigenvalue weighted by Crippen LogP contribution is 2.40. The lowest BCUT2D eigenvalue weighted by atomic mass is 10.2. The Labute approximate surface area is 123 Å². The molecule has 0 spiro atoms. The van der Waals surface area contributed by atoms with Gasteiger partial charge in [0.05, 0.1) is 0 Å². The second kappa shape index (κ2) is 4.99. The zero-order valence-electron chi connectivity index (χ0n) is 10.4. The molecule has 0 amide bonds. The van der Waals surface area contributed by atoms with E-state index in [0.717, 1.165) is 15.7 Å². The van der Waals surface area contributed by atoms with Crippen LogP contribution in [0.3, 0.4) is 0 Å². The fourth-order valence-corrected chi connectivity index (χ4v) is 3.25. The zero-order valence-corrected chi connectivity index (χ0v) is 12.0. The Morgan fingerprint density at radius 2 is 2.00 bits per heavy atom. The van der Waals surface area contributed by atoms with Crippen molar-refractivity contribution in [3.05, 3.63) is 36.2 Å². The van der Waals surface area contributed by atoms with Crippen molar-refractivity contribution in [1.82, 2.24) is 19.6 Å². The summed E-state index contributed by atoms with van der Waals surface area (Å²) < 4.78 is 10.9. The summed E-state index contributed by atoms with van der Waals surface area (Å²) in [4.78, 5) is 4.49. The molecule has 0 aliphatic heterocycles. The first kappa shape index (κ1) is 12.0. The summed E-state index contributed by atoms with van der Waals surface area (Å²) in [6.07, 6.45) is 2.42. The number of hydrogen-bond acceptors (Lipinski definition) is 7. The van der Waals surface area contributed by atoms with E-state index < -0.39 is 0 Å². The Balaban J connectivity index is 1.52. The maximum atomic E-state index is 5.64. The van der Waals surface area contributed by atoms with Gasteiger partial charge in [0.25, 0.3) is 5.22 Å². The lowest BCUT2D eigenvalue weighted by molar-refractivity contribution is 0.466. The normalized spacial score (nSPS) is 14.6. The molecule has 0 atom stereocenters. The van der Waals surface area contributed by atoms with Crippen molar-refractivity contribution in [2.75, 3.05) is 0 Å². The molecule has 0 unspecified atom stereocenters. The number of hydrogen-bond donors (Lipinski definition) is 0. The van der Waals surface area contributed by atoms with Gasteiger partial charge in [-0.05, 0) is 36.5 Å². The molecular formula is C13H10N4OS2. The second-order valence-corrected chi connectivity index (χ2v) is 6.48. The molecule has 0 saturated heterocycles. The highest BCUT2D eigenvalue weighted by Gasteiger charge is 2.28. The van der Waals surface area contributed by atoms with Gasteiger partial charge < -0.3 is 4.42 Å². The van der Waals surface area contributed by atoms with Crippen molar-refractivity contribution in [2.45, 2.75) is 28.3 Å². The van der Waals surface area contributed by atoms with E-state index in [9.17, 15) is 0 Å². The standard InChI is InChI=1S/C13H10N4OS2/c1-2-4-9(5-3-1)11-15-16-12(18-11)19-13-14-10(17-20-13)8-6-7-8/h1-5,8H,6-7H2. The van der Waals surface area contributed by atoms with Gasteiger partial charge in [0.1, 0.15) is 5.82 Å². The van der Waals surface area contributed by atoms with Crippen LogP contribution in [0.1, 0.15) is 24.6 Å². The third-order valence-electron chi connectivity index (χ3n) is 2.97. The predicted molar refractivity (Wildman–Crippen MR) is 75.7 cm³/mol. The summed E-state index contributed by atoms with van der Waals surface area (Å²) in [6.45, 7) is 0. The Morgan fingerprint density at radius 3 is 2.80 bits per heavy atom. The quantitative estimate of drug-likeness (QED) is 0.733. The van der Waals surface area contributed by atoms with Crippen molar-refractivity contribution < 1.29 is 4.42 Å². The van der Waals surface area contributed by atoms with E-state index in [1.165, 1.54) is 36.1 Å². The van der Waals surface area contributed by atoms with Crippen LogP contribution >= 0.6 is 23.3 Å². The molecule has 2 aromatic heterocycles. The fourth-order valence-electron chi connectivity index (χ4n) is 1.79. The molecule has 1 aromatic carbocycles. The maximum Gasteiger partial charge on any atom is 0.284 e. The van der Waals surface area contributed by atoms with Gasteiger partial charge in [0, 0.05) is 23.2 Å². The lowest BCUT2D eigenvalue weighted by Crippen LogP contribution is -1.80. The molecule has 3 aromatic rings. The van der Waals surface area contributed by atoms with Gasteiger partial charge >= 0.3 is 0 Å².